The van der Waals surface area contributed by atoms with E-state index in [4.69, 9.17) is 0 Å². The van der Waals surface area contributed by atoms with E-state index in [1.54, 1.807) is 5.57 Å². The van der Waals surface area contributed by atoms with Gasteiger partial charge < -0.3 is 10.0 Å². The predicted octanol–water partition coefficient (Wildman–Crippen LogP) is 6.43. The average molecular weight is 448 g/mol. The van der Waals surface area contributed by atoms with Gasteiger partial charge >= 0.3 is 0 Å². The van der Waals surface area contributed by atoms with Gasteiger partial charge in [0.25, 0.3) is 0 Å². The Labute approximate surface area is 191 Å². The highest BCUT2D eigenvalue weighted by molar-refractivity contribution is 7.17. The molecule has 0 radical (unpaired) electrons. The summed E-state index contributed by atoms with van der Waals surface area (Å²) >= 11 is 0. The fourth-order valence-corrected chi connectivity index (χ4v) is 7.39. The molecule has 1 saturated heterocycles. The fourth-order valence-electron chi connectivity index (χ4n) is 7.07. The van der Waals surface area contributed by atoms with E-state index < -0.39 is 5.91 Å². The summed E-state index contributed by atoms with van der Waals surface area (Å²) in [6.45, 7) is 9.78. The maximum Gasteiger partial charge on any atom is 0.117 e. The van der Waals surface area contributed by atoms with Gasteiger partial charge in [0.2, 0.25) is 0 Å². The quantitative estimate of drug-likeness (QED) is 0.388. The van der Waals surface area contributed by atoms with Crippen LogP contribution in [0, 0.1) is 23.2 Å². The smallest absolute Gasteiger partial charge is 0.117 e. The van der Waals surface area contributed by atoms with Crippen LogP contribution in [0.2, 0.25) is 0 Å². The van der Waals surface area contributed by atoms with Crippen LogP contribution in [0.15, 0.2) is 35.5 Å². The number of aliphatic hydroxyl groups is 1. The molecule has 4 fully saturated rings. The number of alkyl halides is 1. The van der Waals surface area contributed by atoms with Gasteiger partial charge in [-0.3, -0.25) is 0 Å². The van der Waals surface area contributed by atoms with Gasteiger partial charge in [0.05, 0.1) is 6.10 Å². The highest BCUT2D eigenvalue weighted by Crippen LogP contribution is 2.58. The topological polar surface area (TPSA) is 23.5 Å². The van der Waals surface area contributed by atoms with Crippen LogP contribution in [0.25, 0.3) is 0 Å². The molecule has 3 aliphatic carbocycles. The van der Waals surface area contributed by atoms with Crippen molar-refractivity contribution in [1.29, 1.82) is 0 Å². The van der Waals surface area contributed by atoms with Crippen LogP contribution in [0.5, 0.6) is 0 Å². The van der Waals surface area contributed by atoms with E-state index in [9.17, 15) is 9.50 Å². The minimum absolute atomic E-state index is 0.207. The molecule has 1 heterocycles. The van der Waals surface area contributed by atoms with Crippen molar-refractivity contribution in [2.24, 2.45) is 23.2 Å². The number of rotatable bonds is 5. The normalized spacial score (nSPS) is 41.0. The summed E-state index contributed by atoms with van der Waals surface area (Å²) in [5.41, 5.74) is 4.47. The Hall–Kier alpha value is -0.500. The Balaban J connectivity index is 1.37. The van der Waals surface area contributed by atoms with Crippen LogP contribution in [0.1, 0.15) is 77.6 Å². The van der Waals surface area contributed by atoms with Crippen LogP contribution < -0.4 is 0 Å². The molecular weight excluding hydrogens is 404 g/mol. The van der Waals surface area contributed by atoms with E-state index in [1.807, 2.05) is 0 Å². The molecular formula is C27H43FNOP. The van der Waals surface area contributed by atoms with Crippen molar-refractivity contribution >= 4 is 9.24 Å². The summed E-state index contributed by atoms with van der Waals surface area (Å²) in [5, 5.41) is 10.1. The van der Waals surface area contributed by atoms with E-state index in [-0.39, 0.29) is 12.0 Å². The molecule has 174 valence electrons. The largest absolute Gasteiger partial charge is 0.388 e. The molecule has 1 aliphatic heterocycles. The number of piperidine rings is 1. The van der Waals surface area contributed by atoms with Crippen molar-refractivity contribution in [1.82, 2.24) is 4.90 Å². The van der Waals surface area contributed by atoms with Gasteiger partial charge in [-0.2, -0.15) is 0 Å². The molecule has 31 heavy (non-hydrogen) atoms. The lowest BCUT2D eigenvalue weighted by Gasteiger charge is -2.43. The van der Waals surface area contributed by atoms with Gasteiger partial charge in [-0.05, 0) is 107 Å². The number of nitrogens with zero attached hydrogens (tertiary/aromatic N) is 1. The van der Waals surface area contributed by atoms with E-state index in [0.29, 0.717) is 5.41 Å². The van der Waals surface area contributed by atoms with Gasteiger partial charge in [0.1, 0.15) is 5.91 Å². The monoisotopic (exact) mass is 447 g/mol. The third kappa shape index (κ3) is 5.36. The highest BCUT2D eigenvalue weighted by atomic mass is 31.0. The lowest BCUT2D eigenvalue weighted by molar-refractivity contribution is 0.0971. The van der Waals surface area contributed by atoms with Gasteiger partial charge in [0.15, 0.2) is 0 Å². The molecule has 4 rings (SSSR count). The number of aliphatic hydroxyl groups excluding tert-OH is 1. The minimum Gasteiger partial charge on any atom is -0.388 e. The summed E-state index contributed by atoms with van der Waals surface area (Å²) < 4.78 is 13.8. The van der Waals surface area contributed by atoms with Gasteiger partial charge in [-0.1, -0.05) is 36.8 Å². The predicted molar refractivity (Wildman–Crippen MR) is 132 cm³/mol. The molecule has 0 aromatic rings. The molecule has 2 nitrogen and oxygen atoms in total. The van der Waals surface area contributed by atoms with Gasteiger partial charge in [-0.25, -0.2) is 4.39 Å². The standard InChI is InChI=1S/C27H43FNOP/c1-19-7-8-20(17-25(19)30)9-10-21-5-3-14-27(2)23(11-12-24(21)27)13-16-29-15-4-6-22(18-29)26(28)31/h9-10,22-26,30H,1,3-8,11-18,31H2,2H3/b20-9-,21-10+/t22?,23-,24?,25?,26?,27?/m1/s1. The number of fused-ring (bicyclic) bond motifs is 1. The Bertz CT molecular complexity index is 716. The summed E-state index contributed by atoms with van der Waals surface area (Å²) in [5.74, 6) is 0.979. The minimum atomic E-state index is -0.750. The molecule has 4 heteroatoms. The molecule has 0 spiro atoms. The summed E-state index contributed by atoms with van der Waals surface area (Å²) in [4.78, 5) is 2.54. The number of allylic oxidation sites excluding steroid dienone is 3. The second kappa shape index (κ2) is 10.2. The van der Waals surface area contributed by atoms with E-state index >= 15 is 0 Å². The number of hydrogen-bond donors (Lipinski definition) is 1. The zero-order valence-corrected chi connectivity index (χ0v) is 20.7. The summed E-state index contributed by atoms with van der Waals surface area (Å²) in [7, 11) is 2.38. The second-order valence-corrected chi connectivity index (χ2v) is 11.7. The lowest BCUT2D eigenvalue weighted by Crippen LogP contribution is -2.40. The van der Waals surface area contributed by atoms with Crippen molar-refractivity contribution in [2.45, 2.75) is 89.6 Å². The molecule has 0 amide bonds. The molecule has 1 N–H and O–H groups in total. The molecule has 6 unspecified atom stereocenters. The highest BCUT2D eigenvalue weighted by Gasteiger charge is 2.48. The second-order valence-electron chi connectivity index (χ2n) is 11.1. The zero-order chi connectivity index (χ0) is 22.0. The van der Waals surface area contributed by atoms with Crippen molar-refractivity contribution < 1.29 is 9.50 Å². The fraction of sp³-hybridized carbons (Fsp3) is 0.778. The Morgan fingerprint density at radius 2 is 2.06 bits per heavy atom. The van der Waals surface area contributed by atoms with Gasteiger partial charge in [-0.15, -0.1) is 9.24 Å². The molecule has 7 atom stereocenters. The summed E-state index contributed by atoms with van der Waals surface area (Å²) in [6, 6.07) is 0. The Morgan fingerprint density at radius 3 is 2.84 bits per heavy atom. The third-order valence-corrected chi connectivity index (χ3v) is 9.72. The van der Waals surface area contributed by atoms with E-state index in [0.717, 1.165) is 69.1 Å². The first-order valence-electron chi connectivity index (χ1n) is 12.7. The zero-order valence-electron chi connectivity index (χ0n) is 19.5. The summed E-state index contributed by atoms with van der Waals surface area (Å²) in [6.07, 6.45) is 17.2. The van der Waals surface area contributed by atoms with Crippen molar-refractivity contribution in [3.8, 4) is 0 Å². The van der Waals surface area contributed by atoms with Crippen LogP contribution in [0.4, 0.5) is 4.39 Å². The Kier molecular flexibility index (Phi) is 7.77. The first-order chi connectivity index (χ1) is 14.9. The Morgan fingerprint density at radius 1 is 1.23 bits per heavy atom. The molecule has 0 aromatic carbocycles. The van der Waals surface area contributed by atoms with Crippen molar-refractivity contribution in [3.05, 3.63) is 35.5 Å². The molecule has 3 saturated carbocycles. The lowest BCUT2D eigenvalue weighted by atomic mass is 9.63. The first kappa shape index (κ1) is 23.7. The van der Waals surface area contributed by atoms with E-state index in [2.05, 4.69) is 39.8 Å². The number of likely N-dealkylation sites (tertiary alicyclic amines) is 1. The maximum atomic E-state index is 13.8. The van der Waals surface area contributed by atoms with Crippen LogP contribution in [0.3, 0.4) is 0 Å². The SMILES string of the molecule is C=C1CC/C(=C/C=C2\CCCC3(C)C2CC[C@@H]3CCN2CCCC(C(F)P)C2)CC1O. The average Bonchev–Trinajstić information content (AvgIpc) is 3.10. The van der Waals surface area contributed by atoms with Crippen LogP contribution >= 0.6 is 9.24 Å². The van der Waals surface area contributed by atoms with Crippen LogP contribution in [-0.4, -0.2) is 41.7 Å². The van der Waals surface area contributed by atoms with Crippen molar-refractivity contribution in [3.63, 3.8) is 0 Å². The first-order valence-corrected chi connectivity index (χ1v) is 13.4. The van der Waals surface area contributed by atoms with Crippen molar-refractivity contribution in [2.75, 3.05) is 19.6 Å². The van der Waals surface area contributed by atoms with E-state index in [1.165, 1.54) is 44.1 Å². The number of hydrogen-bond acceptors (Lipinski definition) is 2. The molecule has 4 aliphatic rings. The number of halogens is 1. The maximum absolute atomic E-state index is 13.8. The molecule has 0 bridgehead atoms. The molecule has 0 aromatic heterocycles. The van der Waals surface area contributed by atoms with Crippen LogP contribution in [-0.2, 0) is 0 Å². The third-order valence-electron chi connectivity index (χ3n) is 9.17. The van der Waals surface area contributed by atoms with Gasteiger partial charge in [0, 0.05) is 12.5 Å².